The molecule has 0 radical (unpaired) electrons. The molecule has 22 heavy (non-hydrogen) atoms. The van der Waals surface area contributed by atoms with Crippen LogP contribution in [0.2, 0.25) is 5.02 Å². The van der Waals surface area contributed by atoms with Crippen LogP contribution in [0.5, 0.6) is 0 Å². The van der Waals surface area contributed by atoms with Crippen LogP contribution in [0.4, 0.5) is 13.2 Å². The fourth-order valence-corrected chi connectivity index (χ4v) is 2.05. The molecule has 1 aromatic rings. The molecule has 2 rings (SSSR count). The van der Waals surface area contributed by atoms with Crippen molar-refractivity contribution in [1.82, 2.24) is 10.2 Å². The van der Waals surface area contributed by atoms with E-state index in [9.17, 15) is 13.2 Å². The van der Waals surface area contributed by atoms with Crippen molar-refractivity contribution in [3.63, 3.8) is 0 Å². The average molecular weight is 339 g/mol. The Morgan fingerprint density at radius 3 is 2.36 bits per heavy atom. The summed E-state index contributed by atoms with van der Waals surface area (Å²) in [7, 11) is 0. The van der Waals surface area contributed by atoms with Gasteiger partial charge in [0.05, 0.1) is 0 Å². The second kappa shape index (κ2) is 8.36. The third-order valence-electron chi connectivity index (χ3n) is 3.08. The predicted molar refractivity (Wildman–Crippen MR) is 78.0 cm³/mol. The molecule has 0 atom stereocenters. The van der Waals surface area contributed by atoms with Crippen LogP contribution >= 0.6 is 11.6 Å². The number of rotatable bonds is 2. The number of halogens is 4. The lowest BCUT2D eigenvalue weighted by Gasteiger charge is -2.27. The van der Waals surface area contributed by atoms with Crippen LogP contribution in [0.15, 0.2) is 18.2 Å². The van der Waals surface area contributed by atoms with Gasteiger partial charge in [-0.05, 0) is 24.1 Å². The summed E-state index contributed by atoms with van der Waals surface area (Å²) in [6.07, 6.45) is -5.08. The minimum atomic E-state index is -5.08. The fraction of sp³-hybridized carbons (Fsp3) is 0.500. The van der Waals surface area contributed by atoms with E-state index in [1.54, 1.807) is 0 Å². The largest absolute Gasteiger partial charge is 0.490 e. The number of hydrogen-bond donors (Lipinski definition) is 2. The first-order valence-electron chi connectivity index (χ1n) is 6.68. The molecule has 0 amide bonds. The number of benzene rings is 1. The van der Waals surface area contributed by atoms with Gasteiger partial charge in [-0.1, -0.05) is 23.7 Å². The van der Waals surface area contributed by atoms with Gasteiger partial charge in [0.1, 0.15) is 0 Å². The number of piperazine rings is 1. The van der Waals surface area contributed by atoms with E-state index in [0.717, 1.165) is 37.7 Å². The van der Waals surface area contributed by atoms with Gasteiger partial charge >= 0.3 is 12.1 Å². The monoisotopic (exact) mass is 338 g/mol. The molecule has 0 bridgehead atoms. The Balaban J connectivity index is 0.000000295. The number of hydrogen-bond acceptors (Lipinski definition) is 3. The molecule has 1 saturated heterocycles. The standard InChI is InChI=1S/C12H17ClN2.C2HF3O2/c1-10-8-11(2-3-12(10)13)9-15-6-4-14-5-7-15;3-2(4,5)1(6)7/h2-3,8,14H,4-7,9H2,1H3;(H,6,7). The molecule has 0 unspecified atom stereocenters. The molecule has 0 aliphatic carbocycles. The number of carboxylic acid groups (broad SMARTS) is 1. The lowest BCUT2D eigenvalue weighted by Crippen LogP contribution is -2.42. The van der Waals surface area contributed by atoms with Gasteiger partial charge in [-0.15, -0.1) is 0 Å². The smallest absolute Gasteiger partial charge is 0.475 e. The van der Waals surface area contributed by atoms with Crippen molar-refractivity contribution in [2.45, 2.75) is 19.6 Å². The fourth-order valence-electron chi connectivity index (χ4n) is 1.93. The van der Waals surface area contributed by atoms with Crippen molar-refractivity contribution in [1.29, 1.82) is 0 Å². The molecular formula is C14H18ClF3N2O2. The number of alkyl halides is 3. The van der Waals surface area contributed by atoms with E-state index in [1.165, 1.54) is 11.1 Å². The molecule has 4 nitrogen and oxygen atoms in total. The Hall–Kier alpha value is -1.31. The first kappa shape index (κ1) is 18.7. The molecule has 1 aliphatic rings. The number of nitrogens with zero attached hydrogens (tertiary/aromatic N) is 1. The first-order chi connectivity index (χ1) is 10.2. The van der Waals surface area contributed by atoms with E-state index in [0.29, 0.717) is 0 Å². The molecule has 2 N–H and O–H groups in total. The second-order valence-electron chi connectivity index (χ2n) is 4.91. The number of carbonyl (C=O) groups is 1. The number of carboxylic acids is 1. The van der Waals surface area contributed by atoms with Crippen LogP contribution in [0.3, 0.4) is 0 Å². The minimum Gasteiger partial charge on any atom is -0.475 e. The van der Waals surface area contributed by atoms with Crippen molar-refractivity contribution < 1.29 is 23.1 Å². The maximum absolute atomic E-state index is 10.6. The van der Waals surface area contributed by atoms with Gasteiger partial charge in [-0.2, -0.15) is 13.2 Å². The summed E-state index contributed by atoms with van der Waals surface area (Å²) in [6.45, 7) is 7.59. The number of nitrogens with one attached hydrogen (secondary N) is 1. The van der Waals surface area contributed by atoms with Crippen LogP contribution in [0.1, 0.15) is 11.1 Å². The van der Waals surface area contributed by atoms with E-state index < -0.39 is 12.1 Å². The molecule has 0 aromatic heterocycles. The third kappa shape index (κ3) is 6.64. The Morgan fingerprint density at radius 2 is 1.91 bits per heavy atom. The Kier molecular flexibility index (Phi) is 7.12. The lowest BCUT2D eigenvalue weighted by atomic mass is 10.1. The van der Waals surface area contributed by atoms with Gasteiger partial charge in [0.25, 0.3) is 0 Å². The van der Waals surface area contributed by atoms with Crippen molar-refractivity contribution in [2.75, 3.05) is 26.2 Å². The Labute approximate surface area is 131 Å². The van der Waals surface area contributed by atoms with E-state index in [2.05, 4.69) is 29.3 Å². The summed E-state index contributed by atoms with van der Waals surface area (Å²) in [6, 6.07) is 6.30. The van der Waals surface area contributed by atoms with Gasteiger partial charge < -0.3 is 10.4 Å². The Bertz CT molecular complexity index is 503. The van der Waals surface area contributed by atoms with E-state index in [1.807, 2.05) is 6.07 Å². The first-order valence-corrected chi connectivity index (χ1v) is 7.06. The summed E-state index contributed by atoms with van der Waals surface area (Å²) in [5.74, 6) is -2.76. The van der Waals surface area contributed by atoms with Crippen molar-refractivity contribution >= 4 is 17.6 Å². The topological polar surface area (TPSA) is 52.6 Å². The SMILES string of the molecule is Cc1cc(CN2CCNCC2)ccc1Cl.O=C(O)C(F)(F)F. The van der Waals surface area contributed by atoms with Gasteiger partial charge in [0, 0.05) is 37.7 Å². The predicted octanol–water partition coefficient (Wildman–Crippen LogP) is 2.69. The highest BCUT2D eigenvalue weighted by atomic mass is 35.5. The van der Waals surface area contributed by atoms with Crippen LogP contribution < -0.4 is 5.32 Å². The second-order valence-corrected chi connectivity index (χ2v) is 5.32. The van der Waals surface area contributed by atoms with Crippen LogP contribution in [0.25, 0.3) is 0 Å². The molecule has 1 aromatic carbocycles. The van der Waals surface area contributed by atoms with E-state index in [-0.39, 0.29) is 0 Å². The number of aliphatic carboxylic acids is 1. The minimum absolute atomic E-state index is 0.860. The van der Waals surface area contributed by atoms with Crippen molar-refractivity contribution in [2.24, 2.45) is 0 Å². The maximum Gasteiger partial charge on any atom is 0.490 e. The maximum atomic E-state index is 10.6. The molecule has 0 saturated carbocycles. The highest BCUT2D eigenvalue weighted by Gasteiger charge is 2.38. The average Bonchev–Trinajstić information content (AvgIpc) is 2.44. The molecule has 124 valence electrons. The van der Waals surface area contributed by atoms with Crippen LogP contribution in [-0.2, 0) is 11.3 Å². The molecule has 1 aliphatic heterocycles. The highest BCUT2D eigenvalue weighted by Crippen LogP contribution is 2.17. The van der Waals surface area contributed by atoms with Crippen LogP contribution in [0, 0.1) is 6.92 Å². The zero-order valence-corrected chi connectivity index (χ0v) is 12.8. The zero-order chi connectivity index (χ0) is 16.8. The van der Waals surface area contributed by atoms with E-state index in [4.69, 9.17) is 21.5 Å². The normalized spacial score (nSPS) is 15.9. The van der Waals surface area contributed by atoms with E-state index >= 15 is 0 Å². The quantitative estimate of drug-likeness (QED) is 0.870. The molecule has 0 spiro atoms. The third-order valence-corrected chi connectivity index (χ3v) is 3.50. The lowest BCUT2D eigenvalue weighted by molar-refractivity contribution is -0.192. The Morgan fingerprint density at radius 1 is 1.36 bits per heavy atom. The molecule has 1 fully saturated rings. The molecule has 8 heteroatoms. The van der Waals surface area contributed by atoms with Gasteiger partial charge in [-0.25, -0.2) is 4.79 Å². The van der Waals surface area contributed by atoms with Crippen LogP contribution in [-0.4, -0.2) is 48.3 Å². The van der Waals surface area contributed by atoms with Crippen molar-refractivity contribution in [3.05, 3.63) is 34.3 Å². The van der Waals surface area contributed by atoms with Gasteiger partial charge in [0.2, 0.25) is 0 Å². The summed E-state index contributed by atoms with van der Waals surface area (Å²) >= 11 is 6.00. The number of aryl methyl sites for hydroxylation is 1. The zero-order valence-electron chi connectivity index (χ0n) is 12.1. The summed E-state index contributed by atoms with van der Waals surface area (Å²) in [5, 5.41) is 11.3. The van der Waals surface area contributed by atoms with Gasteiger partial charge in [-0.3, -0.25) is 4.90 Å². The highest BCUT2D eigenvalue weighted by molar-refractivity contribution is 6.31. The molecular weight excluding hydrogens is 321 g/mol. The van der Waals surface area contributed by atoms with Crippen molar-refractivity contribution in [3.8, 4) is 0 Å². The summed E-state index contributed by atoms with van der Waals surface area (Å²) in [4.78, 5) is 11.4. The molecule has 1 heterocycles. The summed E-state index contributed by atoms with van der Waals surface area (Å²) < 4.78 is 31.7. The summed E-state index contributed by atoms with van der Waals surface area (Å²) in [5.41, 5.74) is 2.53. The van der Waals surface area contributed by atoms with Gasteiger partial charge in [0.15, 0.2) is 0 Å².